The molecule has 0 aromatic heterocycles. The van der Waals surface area contributed by atoms with Gasteiger partial charge in [-0.15, -0.1) is 0 Å². The first-order valence-corrected chi connectivity index (χ1v) is 15.0. The van der Waals surface area contributed by atoms with Crippen LogP contribution < -0.4 is 202 Å². The Morgan fingerprint density at radius 1 is 0.250 bits per heavy atom. The van der Waals surface area contributed by atoms with Gasteiger partial charge in [0, 0.05) is 0 Å². The van der Waals surface area contributed by atoms with E-state index < -0.39 is 81.0 Å². The second-order valence-electron chi connectivity index (χ2n) is 2.18. The fraction of sp³-hybridized carbons (Fsp3) is 0. The van der Waals surface area contributed by atoms with Crippen LogP contribution in [0.3, 0.4) is 0 Å². The van der Waals surface area contributed by atoms with Gasteiger partial charge < -0.3 is 0 Å². The van der Waals surface area contributed by atoms with Gasteiger partial charge in [-0.1, -0.05) is 0 Å². The van der Waals surface area contributed by atoms with Gasteiger partial charge in [-0.3, -0.25) is 0 Å². The first kappa shape index (κ1) is 78.5. The summed E-state index contributed by atoms with van der Waals surface area (Å²) in [5, 5.41) is 0. The van der Waals surface area contributed by atoms with Crippen LogP contribution in [0.1, 0.15) is 0 Å². The average molecular weight is 870 g/mol. The summed E-state index contributed by atoms with van der Waals surface area (Å²) in [6.07, 6.45) is 0. The number of hydrogen-bond acceptors (Lipinski definition) is 18. The van der Waals surface area contributed by atoms with E-state index in [0.717, 1.165) is 0 Å². The molecule has 0 radical (unpaired) electrons. The molecule has 0 N–H and O–H groups in total. The Kier molecular flexibility index (Phi) is 81.2. The molecule has 0 aliphatic carbocycles. The third kappa shape index (κ3) is 1670. The summed E-state index contributed by atoms with van der Waals surface area (Å²) in [4.78, 5) is 0. The van der Waals surface area contributed by atoms with Crippen molar-refractivity contribution in [3.05, 3.63) is 0 Å². The molecule has 0 amide bonds. The molecular formula is F6Mn6Na6O18. The van der Waals surface area contributed by atoms with Gasteiger partial charge in [-0.2, -0.15) is 0 Å². The molecule has 0 aromatic carbocycles. The average Bonchev–Trinajstić information content (AvgIpc) is 1.94. The van der Waals surface area contributed by atoms with Crippen LogP contribution in [-0.2, 0) is 127 Å². The Morgan fingerprint density at radius 2 is 0.250 bits per heavy atom. The summed E-state index contributed by atoms with van der Waals surface area (Å²) in [5.74, 6) is 0. The third-order valence-electron chi connectivity index (χ3n) is 0. The van der Waals surface area contributed by atoms with Crippen molar-refractivity contribution >= 4 is 0 Å². The van der Waals surface area contributed by atoms with E-state index in [4.69, 9.17) is 71.1 Å². The number of hydrogen-bond donors (Lipinski definition) is 0. The molecule has 0 atom stereocenters. The zero-order valence-electron chi connectivity index (χ0n) is 17.9. The molecule has 0 aliphatic heterocycles. The summed E-state index contributed by atoms with van der Waals surface area (Å²) >= 11 is -35.2. The van der Waals surface area contributed by atoms with Gasteiger partial charge in [0.05, 0.1) is 0 Å². The molecule has 0 unspecified atom stereocenters. The van der Waals surface area contributed by atoms with Crippen LogP contribution in [0.15, 0.2) is 0 Å². The maximum absolute atomic E-state index is 10.2. The van der Waals surface area contributed by atoms with Crippen LogP contribution in [0.4, 0.5) is 21.3 Å². The molecule has 198 valence electrons. The molecule has 36 heavy (non-hydrogen) atoms. The predicted octanol–water partition coefficient (Wildman–Crippen LogP) is -24.0. The molecule has 18 nitrogen and oxygen atoms in total. The molecule has 0 aliphatic rings. The Balaban J connectivity index is -0.0000000186. The minimum atomic E-state index is -5.88. The maximum atomic E-state index is 10.2. The fourth-order valence-corrected chi connectivity index (χ4v) is 0. The fourth-order valence-electron chi connectivity index (χ4n) is 0. The van der Waals surface area contributed by atoms with Gasteiger partial charge in [0.25, 0.3) is 0 Å². The van der Waals surface area contributed by atoms with E-state index in [9.17, 15) is 21.3 Å². The second-order valence-corrected chi connectivity index (χ2v) is 9.00. The normalized spacial score (nSPS) is 9.67. The summed E-state index contributed by atoms with van der Waals surface area (Å²) in [7, 11) is 0. The van der Waals surface area contributed by atoms with Crippen molar-refractivity contribution < 1.29 is 351 Å². The van der Waals surface area contributed by atoms with E-state index in [1.807, 2.05) is 0 Å². The Labute approximate surface area is 343 Å². The molecule has 0 saturated heterocycles. The Bertz CT molecular complexity index is 796. The molecular weight excluding hydrogens is 870 g/mol. The molecule has 0 spiro atoms. The van der Waals surface area contributed by atoms with Crippen molar-refractivity contribution in [1.82, 2.24) is 0 Å². The van der Waals surface area contributed by atoms with Crippen molar-refractivity contribution in [3.8, 4) is 0 Å². The van der Waals surface area contributed by atoms with Gasteiger partial charge in [0.15, 0.2) is 0 Å². The van der Waals surface area contributed by atoms with Gasteiger partial charge in [-0.05, 0) is 0 Å². The summed E-state index contributed by atoms with van der Waals surface area (Å²) < 4.78 is 213. The summed E-state index contributed by atoms with van der Waals surface area (Å²) in [5.41, 5.74) is 0. The molecule has 0 saturated carbocycles. The number of rotatable bonds is 0. The van der Waals surface area contributed by atoms with Crippen LogP contribution in [0.5, 0.6) is 0 Å². The van der Waals surface area contributed by atoms with Crippen molar-refractivity contribution in [2.45, 2.75) is 0 Å². The second kappa shape index (κ2) is 37.2. The quantitative estimate of drug-likeness (QED) is 0.161. The van der Waals surface area contributed by atoms with Crippen molar-refractivity contribution in [2.24, 2.45) is 0 Å². The van der Waals surface area contributed by atoms with Crippen molar-refractivity contribution in [1.29, 1.82) is 0 Å². The summed E-state index contributed by atoms with van der Waals surface area (Å²) in [6.45, 7) is 0. The van der Waals surface area contributed by atoms with E-state index in [-0.39, 0.29) is 177 Å². The van der Waals surface area contributed by atoms with Crippen LogP contribution in [0, 0.1) is 0 Å². The molecule has 0 bridgehead atoms. The predicted molar refractivity (Wildman–Crippen MR) is 14.9 cm³/mol. The van der Waals surface area contributed by atoms with E-state index in [1.165, 1.54) is 0 Å². The minimum absolute atomic E-state index is 0. The molecule has 0 heterocycles. The van der Waals surface area contributed by atoms with Gasteiger partial charge in [-0.25, -0.2) is 0 Å². The van der Waals surface area contributed by atoms with Crippen LogP contribution in [0.2, 0.25) is 0 Å². The monoisotopic (exact) mass is 869 g/mol. The van der Waals surface area contributed by atoms with Crippen molar-refractivity contribution in [3.63, 3.8) is 0 Å². The summed E-state index contributed by atoms with van der Waals surface area (Å²) in [6, 6.07) is 0. The standard InChI is InChI=1S/6FH.6Mn.6Na.18O/h6*1H;;;;;;;;;;;;;;;;;;;;;;;;;;;;;;/q;;;;;;12*+1;;;;;;;;;;;;;6*-1/p-6. The molecule has 36 heteroatoms. The van der Waals surface area contributed by atoms with Gasteiger partial charge >= 0.3 is 351 Å². The van der Waals surface area contributed by atoms with Crippen LogP contribution in [-0.4, -0.2) is 0 Å². The topological polar surface area (TPSA) is 343 Å². The van der Waals surface area contributed by atoms with Gasteiger partial charge in [0.1, 0.15) is 0 Å². The van der Waals surface area contributed by atoms with Gasteiger partial charge in [0.2, 0.25) is 0 Å². The number of halogens is 6. The zero-order chi connectivity index (χ0) is 27.0. The Hall–Kier alpha value is 6.06. The molecule has 0 fully saturated rings. The van der Waals surface area contributed by atoms with E-state index >= 15 is 0 Å². The van der Waals surface area contributed by atoms with Crippen LogP contribution >= 0.6 is 0 Å². The van der Waals surface area contributed by atoms with E-state index in [1.54, 1.807) is 0 Å². The third-order valence-corrected chi connectivity index (χ3v) is 0. The van der Waals surface area contributed by atoms with E-state index in [0.29, 0.717) is 0 Å². The van der Waals surface area contributed by atoms with Crippen molar-refractivity contribution in [2.75, 3.05) is 0 Å². The first-order chi connectivity index (χ1) is 12.0. The first-order valence-electron chi connectivity index (χ1n) is 3.63. The van der Waals surface area contributed by atoms with Crippen LogP contribution in [0.25, 0.3) is 0 Å². The SMILES string of the molecule is [Na+].[Na+].[Na+].[Na+].[Na+].[Na+].[O]=[Mn](=[O])([O-])[F].[O]=[Mn](=[O])([O-])[F].[O]=[Mn](=[O])([O-])[F].[O]=[Mn](=[O])([O-])[F].[O]=[Mn](=[O])([O-])[F].[O]=[Mn](=[O])([O-])[F]. The Morgan fingerprint density at radius 3 is 0.250 bits per heavy atom. The van der Waals surface area contributed by atoms with E-state index in [2.05, 4.69) is 0 Å². The molecule has 0 aromatic rings. The zero-order valence-corrected chi connectivity index (χ0v) is 37.0. The molecule has 0 rings (SSSR count).